The van der Waals surface area contributed by atoms with Gasteiger partial charge in [0.2, 0.25) is 5.91 Å². The summed E-state index contributed by atoms with van der Waals surface area (Å²) in [5.74, 6) is 0.949. The van der Waals surface area contributed by atoms with Crippen LogP contribution in [0.2, 0.25) is 0 Å². The van der Waals surface area contributed by atoms with E-state index in [1.165, 1.54) is 16.3 Å². The van der Waals surface area contributed by atoms with E-state index in [4.69, 9.17) is 4.74 Å². The number of hydrogen-bond acceptors (Lipinski definition) is 2. The Morgan fingerprint density at radius 2 is 1.89 bits per heavy atom. The SMILES string of the molecule is C=CCN1C(=O)CC(c2ccccc2OCC)c2c1ccc1ccccc21. The van der Waals surface area contributed by atoms with Gasteiger partial charge in [0.15, 0.2) is 0 Å². The van der Waals surface area contributed by atoms with Crippen molar-refractivity contribution < 1.29 is 9.53 Å². The van der Waals surface area contributed by atoms with Gasteiger partial charge in [0.1, 0.15) is 5.75 Å². The van der Waals surface area contributed by atoms with Gasteiger partial charge in [-0.1, -0.05) is 54.6 Å². The minimum absolute atomic E-state index is 0.0255. The molecule has 1 unspecified atom stereocenters. The van der Waals surface area contributed by atoms with Gasteiger partial charge in [0.05, 0.1) is 6.61 Å². The smallest absolute Gasteiger partial charge is 0.228 e. The lowest BCUT2D eigenvalue weighted by Gasteiger charge is -2.35. The van der Waals surface area contributed by atoms with Crippen molar-refractivity contribution in [3.8, 4) is 5.75 Å². The number of ether oxygens (including phenoxy) is 1. The van der Waals surface area contributed by atoms with Gasteiger partial charge in [0, 0.05) is 30.1 Å². The van der Waals surface area contributed by atoms with E-state index in [-0.39, 0.29) is 11.8 Å². The predicted molar refractivity (Wildman–Crippen MR) is 111 cm³/mol. The van der Waals surface area contributed by atoms with E-state index >= 15 is 0 Å². The van der Waals surface area contributed by atoms with Crippen molar-refractivity contribution in [1.29, 1.82) is 0 Å². The highest BCUT2D eigenvalue weighted by molar-refractivity contribution is 6.03. The average Bonchev–Trinajstić information content (AvgIpc) is 2.70. The van der Waals surface area contributed by atoms with Gasteiger partial charge in [-0.2, -0.15) is 0 Å². The van der Waals surface area contributed by atoms with E-state index in [1.54, 1.807) is 6.08 Å². The molecule has 1 atom stereocenters. The number of anilines is 1. The monoisotopic (exact) mass is 357 g/mol. The van der Waals surface area contributed by atoms with Crippen molar-refractivity contribution in [3.63, 3.8) is 0 Å². The molecule has 1 aliphatic rings. The molecule has 1 amide bonds. The Kier molecular flexibility index (Phi) is 4.68. The van der Waals surface area contributed by atoms with E-state index < -0.39 is 0 Å². The van der Waals surface area contributed by atoms with E-state index in [2.05, 4.69) is 43.0 Å². The van der Waals surface area contributed by atoms with E-state index in [1.807, 2.05) is 36.1 Å². The largest absolute Gasteiger partial charge is 0.494 e. The van der Waals surface area contributed by atoms with E-state index in [9.17, 15) is 4.79 Å². The second-order valence-corrected chi connectivity index (χ2v) is 6.74. The normalized spacial score (nSPS) is 16.3. The third-order valence-corrected chi connectivity index (χ3v) is 5.17. The van der Waals surface area contributed by atoms with Crippen LogP contribution in [-0.2, 0) is 4.79 Å². The summed E-state index contributed by atoms with van der Waals surface area (Å²) in [5.41, 5.74) is 3.24. The van der Waals surface area contributed by atoms with Crippen molar-refractivity contribution in [2.24, 2.45) is 0 Å². The van der Waals surface area contributed by atoms with Gasteiger partial charge in [0.25, 0.3) is 0 Å². The van der Waals surface area contributed by atoms with E-state index in [0.29, 0.717) is 19.6 Å². The third kappa shape index (κ3) is 2.99. The molecule has 1 aliphatic heterocycles. The molecule has 0 fully saturated rings. The van der Waals surface area contributed by atoms with Crippen molar-refractivity contribution in [1.82, 2.24) is 0 Å². The van der Waals surface area contributed by atoms with Crippen LogP contribution in [0.25, 0.3) is 10.8 Å². The molecule has 0 radical (unpaired) electrons. The highest BCUT2D eigenvalue weighted by Gasteiger charge is 2.34. The van der Waals surface area contributed by atoms with Gasteiger partial charge in [-0.05, 0) is 35.4 Å². The quantitative estimate of drug-likeness (QED) is 0.581. The fourth-order valence-corrected chi connectivity index (χ4v) is 4.06. The van der Waals surface area contributed by atoms with Gasteiger partial charge in [-0.25, -0.2) is 0 Å². The molecule has 1 heterocycles. The molecule has 0 saturated carbocycles. The number of benzene rings is 3. The van der Waals surface area contributed by atoms with E-state index in [0.717, 1.165) is 17.0 Å². The van der Waals surface area contributed by atoms with Crippen LogP contribution in [0.4, 0.5) is 5.69 Å². The van der Waals surface area contributed by atoms with Crippen molar-refractivity contribution in [2.45, 2.75) is 19.3 Å². The Labute approximate surface area is 159 Å². The van der Waals surface area contributed by atoms with Gasteiger partial charge in [-0.3, -0.25) is 4.79 Å². The molecule has 0 saturated heterocycles. The number of nitrogens with zero attached hydrogens (tertiary/aromatic N) is 1. The highest BCUT2D eigenvalue weighted by Crippen LogP contribution is 2.46. The summed E-state index contributed by atoms with van der Waals surface area (Å²) in [7, 11) is 0. The molecule has 0 bridgehead atoms. The Morgan fingerprint density at radius 1 is 1.11 bits per heavy atom. The van der Waals surface area contributed by atoms with Crippen LogP contribution in [0.1, 0.15) is 30.4 Å². The molecule has 3 aromatic rings. The first kappa shape index (κ1) is 17.3. The van der Waals surface area contributed by atoms with Crippen LogP contribution in [0.5, 0.6) is 5.75 Å². The lowest BCUT2D eigenvalue weighted by atomic mass is 9.81. The first-order valence-electron chi connectivity index (χ1n) is 9.39. The van der Waals surface area contributed by atoms with Crippen LogP contribution in [0, 0.1) is 0 Å². The number of carbonyl (C=O) groups is 1. The van der Waals surface area contributed by atoms with Gasteiger partial charge < -0.3 is 9.64 Å². The molecule has 3 heteroatoms. The molecule has 3 aromatic carbocycles. The van der Waals surface area contributed by atoms with Crippen LogP contribution >= 0.6 is 0 Å². The number of amides is 1. The maximum atomic E-state index is 13.0. The summed E-state index contributed by atoms with van der Waals surface area (Å²) in [4.78, 5) is 14.8. The Balaban J connectivity index is 1.98. The zero-order chi connectivity index (χ0) is 18.8. The lowest BCUT2D eigenvalue weighted by Crippen LogP contribution is -2.37. The van der Waals surface area contributed by atoms with Crippen molar-refractivity contribution in [3.05, 3.63) is 84.4 Å². The van der Waals surface area contributed by atoms with Crippen molar-refractivity contribution >= 4 is 22.4 Å². The summed E-state index contributed by atoms with van der Waals surface area (Å²) >= 11 is 0. The molecule has 4 rings (SSSR count). The first-order valence-corrected chi connectivity index (χ1v) is 9.39. The molecule has 136 valence electrons. The number of rotatable bonds is 5. The predicted octanol–water partition coefficient (Wildman–Crippen LogP) is 5.29. The molecular weight excluding hydrogens is 334 g/mol. The Hall–Kier alpha value is -3.07. The van der Waals surface area contributed by atoms with Crippen LogP contribution in [0.15, 0.2) is 73.3 Å². The fourth-order valence-electron chi connectivity index (χ4n) is 4.06. The zero-order valence-electron chi connectivity index (χ0n) is 15.5. The Morgan fingerprint density at radius 3 is 2.70 bits per heavy atom. The second-order valence-electron chi connectivity index (χ2n) is 6.74. The zero-order valence-corrected chi connectivity index (χ0v) is 15.5. The maximum Gasteiger partial charge on any atom is 0.228 e. The lowest BCUT2D eigenvalue weighted by molar-refractivity contribution is -0.119. The summed E-state index contributed by atoms with van der Waals surface area (Å²) in [6, 6.07) is 20.6. The summed E-state index contributed by atoms with van der Waals surface area (Å²) in [6.07, 6.45) is 2.21. The number of hydrogen-bond donors (Lipinski definition) is 0. The molecule has 0 aromatic heterocycles. The second kappa shape index (κ2) is 7.28. The first-order chi connectivity index (χ1) is 13.2. The van der Waals surface area contributed by atoms with Gasteiger partial charge in [-0.15, -0.1) is 6.58 Å². The standard InChI is InChI=1S/C24H23NO2/c1-3-15-25-21-14-13-17-9-5-6-10-18(17)24(21)20(16-23(25)26)19-11-7-8-12-22(19)27-4-2/h3,5-14,20H,1,4,15-16H2,2H3. The van der Waals surface area contributed by atoms with Crippen molar-refractivity contribution in [2.75, 3.05) is 18.1 Å². The molecule has 0 aliphatic carbocycles. The van der Waals surface area contributed by atoms with Crippen LogP contribution in [-0.4, -0.2) is 19.1 Å². The Bertz CT molecular complexity index is 1010. The van der Waals surface area contributed by atoms with Gasteiger partial charge >= 0.3 is 0 Å². The maximum absolute atomic E-state index is 13.0. The number of carbonyl (C=O) groups excluding carboxylic acids is 1. The van der Waals surface area contributed by atoms with Crippen LogP contribution in [0.3, 0.4) is 0 Å². The third-order valence-electron chi connectivity index (χ3n) is 5.17. The average molecular weight is 357 g/mol. The van der Waals surface area contributed by atoms with Crippen LogP contribution < -0.4 is 9.64 Å². The minimum Gasteiger partial charge on any atom is -0.494 e. The minimum atomic E-state index is -0.0255. The summed E-state index contributed by atoms with van der Waals surface area (Å²) in [6.45, 7) is 6.93. The summed E-state index contributed by atoms with van der Waals surface area (Å²) < 4.78 is 5.89. The molecule has 3 nitrogen and oxygen atoms in total. The molecular formula is C24H23NO2. The topological polar surface area (TPSA) is 29.5 Å². The fraction of sp³-hybridized carbons (Fsp3) is 0.208. The number of fused-ring (bicyclic) bond motifs is 3. The highest BCUT2D eigenvalue weighted by atomic mass is 16.5. The molecule has 0 N–H and O–H groups in total. The number of para-hydroxylation sites is 1. The molecule has 27 heavy (non-hydrogen) atoms. The summed E-state index contributed by atoms with van der Waals surface area (Å²) in [5, 5.41) is 2.37. The molecule has 0 spiro atoms.